The van der Waals surface area contributed by atoms with Gasteiger partial charge < -0.3 is 10.0 Å². The second-order valence-electron chi connectivity index (χ2n) is 8.04. The summed E-state index contributed by atoms with van der Waals surface area (Å²) in [4.78, 5) is 25.3. The van der Waals surface area contributed by atoms with Crippen LogP contribution in [0.4, 0.5) is 27.6 Å². The third kappa shape index (κ3) is 5.42. The number of rotatable bonds is 3. The normalized spacial score (nSPS) is 21.2. The fourth-order valence-electron chi connectivity index (χ4n) is 4.03. The summed E-state index contributed by atoms with van der Waals surface area (Å²) in [5.74, 6) is -4.59. The van der Waals surface area contributed by atoms with Gasteiger partial charge in [0, 0.05) is 62.0 Å². The van der Waals surface area contributed by atoms with Crippen molar-refractivity contribution >= 4 is 17.6 Å². The number of nitrogens with zero attached hydrogens (tertiary/aromatic N) is 4. The SMILES string of the molecule is Cn1cc(CN2CCC3(CC(=O)N(c4ccc(F)c(F)c4)C3)C2)cn1.O=C(O)C(F)(F)F. The van der Waals surface area contributed by atoms with Gasteiger partial charge in [0.1, 0.15) is 0 Å². The molecule has 2 fully saturated rings. The third-order valence-corrected chi connectivity index (χ3v) is 5.46. The van der Waals surface area contributed by atoms with Crippen molar-refractivity contribution in [3.8, 4) is 0 Å². The van der Waals surface area contributed by atoms with Crippen molar-refractivity contribution < 1.29 is 36.6 Å². The minimum absolute atomic E-state index is 0.0192. The summed E-state index contributed by atoms with van der Waals surface area (Å²) in [6.07, 6.45) is 0.158. The van der Waals surface area contributed by atoms with E-state index in [2.05, 4.69) is 10.00 Å². The van der Waals surface area contributed by atoms with E-state index >= 15 is 0 Å². The molecule has 1 N–H and O–H groups in total. The zero-order chi connectivity index (χ0) is 23.7. The summed E-state index contributed by atoms with van der Waals surface area (Å²) in [6.45, 7) is 3.12. The Morgan fingerprint density at radius 1 is 1.22 bits per heavy atom. The van der Waals surface area contributed by atoms with E-state index in [1.54, 1.807) is 9.58 Å². The maximum Gasteiger partial charge on any atom is 0.490 e. The Kier molecular flexibility index (Phi) is 6.54. The lowest BCUT2D eigenvalue weighted by atomic mass is 9.86. The number of amides is 1. The first-order valence-corrected chi connectivity index (χ1v) is 9.64. The standard InChI is InChI=1S/C18H20F2N4O.C2HF3O2/c1-22-9-13(8-21-22)10-23-5-4-18(11-23)7-17(25)24(12-18)14-2-3-15(19)16(20)6-14;3-2(4,5)1(6)7/h2-3,6,8-9H,4-5,7,10-12H2,1H3;(H,6,7). The van der Waals surface area contributed by atoms with Gasteiger partial charge in [-0.05, 0) is 25.1 Å². The van der Waals surface area contributed by atoms with Gasteiger partial charge in [-0.1, -0.05) is 0 Å². The van der Waals surface area contributed by atoms with Gasteiger partial charge >= 0.3 is 12.1 Å². The number of halogens is 5. The van der Waals surface area contributed by atoms with Crippen molar-refractivity contribution in [1.29, 1.82) is 0 Å². The van der Waals surface area contributed by atoms with Crippen molar-refractivity contribution in [2.45, 2.75) is 25.6 Å². The van der Waals surface area contributed by atoms with Crippen LogP contribution in [-0.2, 0) is 23.2 Å². The number of carboxylic acid groups (broad SMARTS) is 1. The zero-order valence-corrected chi connectivity index (χ0v) is 17.1. The van der Waals surface area contributed by atoms with Crippen LogP contribution in [0, 0.1) is 17.0 Å². The highest BCUT2D eigenvalue weighted by molar-refractivity contribution is 5.96. The molecule has 1 atom stereocenters. The van der Waals surface area contributed by atoms with Gasteiger partial charge in [-0.3, -0.25) is 14.4 Å². The molecule has 3 heterocycles. The van der Waals surface area contributed by atoms with Crippen molar-refractivity contribution in [3.05, 3.63) is 47.8 Å². The number of aromatic nitrogens is 2. The molecular weight excluding hydrogens is 439 g/mol. The first-order valence-electron chi connectivity index (χ1n) is 9.64. The van der Waals surface area contributed by atoms with Crippen molar-refractivity contribution in [2.24, 2.45) is 12.5 Å². The molecule has 7 nitrogen and oxygen atoms in total. The number of carbonyl (C=O) groups is 2. The highest BCUT2D eigenvalue weighted by atomic mass is 19.4. The van der Waals surface area contributed by atoms with E-state index in [4.69, 9.17) is 9.90 Å². The summed E-state index contributed by atoms with van der Waals surface area (Å²) in [6, 6.07) is 3.65. The van der Waals surface area contributed by atoms with Crippen LogP contribution < -0.4 is 4.90 Å². The van der Waals surface area contributed by atoms with Crippen LogP contribution >= 0.6 is 0 Å². The maximum absolute atomic E-state index is 13.5. The molecule has 0 aliphatic carbocycles. The molecule has 1 aromatic carbocycles. The van der Waals surface area contributed by atoms with Gasteiger partial charge in [-0.2, -0.15) is 18.3 Å². The fourth-order valence-corrected chi connectivity index (χ4v) is 4.03. The maximum atomic E-state index is 13.5. The summed E-state index contributed by atoms with van der Waals surface area (Å²) < 4.78 is 60.2. The minimum Gasteiger partial charge on any atom is -0.475 e. The summed E-state index contributed by atoms with van der Waals surface area (Å²) in [5.41, 5.74) is 1.48. The largest absolute Gasteiger partial charge is 0.490 e. The van der Waals surface area contributed by atoms with Gasteiger partial charge in [0.2, 0.25) is 5.91 Å². The fraction of sp³-hybridized carbons (Fsp3) is 0.450. The predicted octanol–water partition coefficient (Wildman–Crippen LogP) is 2.96. The molecule has 1 amide bonds. The van der Waals surface area contributed by atoms with E-state index in [0.717, 1.165) is 43.8 Å². The Morgan fingerprint density at radius 2 is 1.91 bits per heavy atom. The first kappa shape index (κ1) is 23.6. The first-order chi connectivity index (χ1) is 14.9. The molecule has 32 heavy (non-hydrogen) atoms. The number of benzene rings is 1. The lowest BCUT2D eigenvalue weighted by Crippen LogP contribution is -2.31. The molecule has 2 aliphatic rings. The van der Waals surface area contributed by atoms with Crippen LogP contribution in [0.25, 0.3) is 0 Å². The molecule has 2 aromatic rings. The van der Waals surface area contributed by atoms with E-state index in [-0.39, 0.29) is 11.3 Å². The Bertz CT molecular complexity index is 1010. The average molecular weight is 460 g/mol. The monoisotopic (exact) mass is 460 g/mol. The molecule has 2 aliphatic heterocycles. The number of hydrogen-bond donors (Lipinski definition) is 1. The Hall–Kier alpha value is -3.02. The number of carboxylic acids is 1. The van der Waals surface area contributed by atoms with E-state index in [1.807, 2.05) is 19.4 Å². The third-order valence-electron chi connectivity index (χ3n) is 5.46. The summed E-state index contributed by atoms with van der Waals surface area (Å²) in [7, 11) is 1.89. The van der Waals surface area contributed by atoms with Crippen molar-refractivity contribution in [3.63, 3.8) is 0 Å². The van der Waals surface area contributed by atoms with Crippen LogP contribution in [0.1, 0.15) is 18.4 Å². The van der Waals surface area contributed by atoms with Gasteiger partial charge in [-0.15, -0.1) is 0 Å². The van der Waals surface area contributed by atoms with Crippen LogP contribution in [0.15, 0.2) is 30.6 Å². The predicted molar refractivity (Wildman–Crippen MR) is 103 cm³/mol. The quantitative estimate of drug-likeness (QED) is 0.713. The smallest absolute Gasteiger partial charge is 0.475 e. The molecule has 1 spiro atoms. The molecule has 0 saturated carbocycles. The number of alkyl halides is 3. The van der Waals surface area contributed by atoms with Crippen LogP contribution in [0.2, 0.25) is 0 Å². The molecular formula is C20H21F5N4O3. The molecule has 0 bridgehead atoms. The topological polar surface area (TPSA) is 78.7 Å². The van der Waals surface area contributed by atoms with Crippen LogP contribution in [-0.4, -0.2) is 57.5 Å². The lowest BCUT2D eigenvalue weighted by molar-refractivity contribution is -0.192. The second kappa shape index (κ2) is 8.85. The number of hydrogen-bond acceptors (Lipinski definition) is 4. The average Bonchev–Trinajstić information content (AvgIpc) is 3.37. The van der Waals surface area contributed by atoms with Crippen molar-refractivity contribution in [1.82, 2.24) is 14.7 Å². The van der Waals surface area contributed by atoms with Gasteiger partial charge in [-0.25, -0.2) is 13.6 Å². The molecule has 174 valence electrons. The molecule has 1 aromatic heterocycles. The number of carbonyl (C=O) groups excluding carboxylic acids is 1. The van der Waals surface area contributed by atoms with E-state index in [0.29, 0.717) is 18.7 Å². The van der Waals surface area contributed by atoms with E-state index in [9.17, 15) is 26.7 Å². The molecule has 4 rings (SSSR count). The molecule has 0 radical (unpaired) electrons. The Morgan fingerprint density at radius 3 is 2.47 bits per heavy atom. The Balaban J connectivity index is 0.000000360. The highest BCUT2D eigenvalue weighted by Crippen LogP contribution is 2.42. The lowest BCUT2D eigenvalue weighted by Gasteiger charge is -2.24. The van der Waals surface area contributed by atoms with E-state index < -0.39 is 23.8 Å². The van der Waals surface area contributed by atoms with Crippen molar-refractivity contribution in [2.75, 3.05) is 24.5 Å². The van der Waals surface area contributed by atoms with Crippen LogP contribution in [0.5, 0.6) is 0 Å². The van der Waals surface area contributed by atoms with E-state index in [1.165, 1.54) is 6.07 Å². The molecule has 1 unspecified atom stereocenters. The molecule has 2 saturated heterocycles. The highest BCUT2D eigenvalue weighted by Gasteiger charge is 2.47. The van der Waals surface area contributed by atoms with Crippen LogP contribution in [0.3, 0.4) is 0 Å². The van der Waals surface area contributed by atoms with Gasteiger partial charge in [0.25, 0.3) is 0 Å². The van der Waals surface area contributed by atoms with Gasteiger partial charge in [0.05, 0.1) is 6.20 Å². The number of aryl methyl sites for hydroxylation is 1. The second-order valence-corrected chi connectivity index (χ2v) is 8.04. The van der Waals surface area contributed by atoms with Gasteiger partial charge in [0.15, 0.2) is 11.6 Å². The molecule has 12 heteroatoms. The Labute approximate surface area is 180 Å². The summed E-state index contributed by atoms with van der Waals surface area (Å²) in [5, 5.41) is 11.3. The number of likely N-dealkylation sites (tertiary alicyclic amines) is 1. The summed E-state index contributed by atoms with van der Waals surface area (Å²) >= 11 is 0. The number of aliphatic carboxylic acids is 1. The number of anilines is 1. The minimum atomic E-state index is -5.08. The zero-order valence-electron chi connectivity index (χ0n) is 17.1.